The predicted molar refractivity (Wildman–Crippen MR) is 85.2 cm³/mol. The van der Waals surface area contributed by atoms with Gasteiger partial charge in [-0.2, -0.15) is 0 Å². The number of carbonyl (C=O) groups excluding carboxylic acids is 1. The largest absolute Gasteiger partial charge is 0.490 e. The molecular formula is C15H15BrN2O3. The maximum Gasteiger partial charge on any atom is 0.338 e. The van der Waals surface area contributed by atoms with Crippen molar-refractivity contribution in [3.63, 3.8) is 0 Å². The molecule has 0 atom stereocenters. The van der Waals surface area contributed by atoms with Crippen LogP contribution in [0.2, 0.25) is 0 Å². The van der Waals surface area contributed by atoms with Crippen molar-refractivity contribution in [1.29, 1.82) is 0 Å². The zero-order chi connectivity index (χ0) is 15.2. The van der Waals surface area contributed by atoms with Gasteiger partial charge in [0, 0.05) is 15.8 Å². The summed E-state index contributed by atoms with van der Waals surface area (Å²) in [5.41, 5.74) is 12.4. The number of hydrogen-bond donors (Lipinski definition) is 2. The van der Waals surface area contributed by atoms with Gasteiger partial charge >= 0.3 is 5.97 Å². The van der Waals surface area contributed by atoms with Crippen LogP contribution in [0, 0.1) is 0 Å². The second kappa shape index (κ2) is 6.99. The lowest BCUT2D eigenvalue weighted by Gasteiger charge is -2.08. The molecule has 21 heavy (non-hydrogen) atoms. The molecule has 0 aliphatic rings. The smallest absolute Gasteiger partial charge is 0.338 e. The molecule has 0 fully saturated rings. The average Bonchev–Trinajstić information content (AvgIpc) is 2.42. The van der Waals surface area contributed by atoms with E-state index in [-0.39, 0.29) is 13.2 Å². The van der Waals surface area contributed by atoms with Crippen molar-refractivity contribution in [2.24, 2.45) is 0 Å². The van der Waals surface area contributed by atoms with Gasteiger partial charge in [0.2, 0.25) is 0 Å². The van der Waals surface area contributed by atoms with Crippen molar-refractivity contribution in [2.45, 2.75) is 0 Å². The number of carbonyl (C=O) groups is 1. The van der Waals surface area contributed by atoms with Crippen molar-refractivity contribution >= 4 is 33.3 Å². The topological polar surface area (TPSA) is 87.6 Å². The van der Waals surface area contributed by atoms with Crippen LogP contribution in [-0.2, 0) is 4.74 Å². The first-order valence-electron chi connectivity index (χ1n) is 6.26. The van der Waals surface area contributed by atoms with Gasteiger partial charge in [-0.05, 0) is 36.4 Å². The second-order valence-corrected chi connectivity index (χ2v) is 5.25. The van der Waals surface area contributed by atoms with E-state index in [4.69, 9.17) is 20.9 Å². The number of hydrogen-bond acceptors (Lipinski definition) is 5. The van der Waals surface area contributed by atoms with Crippen LogP contribution in [0.25, 0.3) is 0 Å². The molecule has 0 heterocycles. The summed E-state index contributed by atoms with van der Waals surface area (Å²) in [5, 5.41) is 0. The molecular weight excluding hydrogens is 336 g/mol. The Morgan fingerprint density at radius 3 is 2.43 bits per heavy atom. The van der Waals surface area contributed by atoms with Crippen molar-refractivity contribution in [1.82, 2.24) is 0 Å². The normalized spacial score (nSPS) is 10.1. The van der Waals surface area contributed by atoms with E-state index in [1.165, 1.54) is 12.1 Å². The van der Waals surface area contributed by atoms with E-state index in [0.29, 0.717) is 22.7 Å². The molecule has 110 valence electrons. The summed E-state index contributed by atoms with van der Waals surface area (Å²) < 4.78 is 11.5. The Kier molecular flexibility index (Phi) is 5.05. The van der Waals surface area contributed by atoms with Gasteiger partial charge in [-0.1, -0.05) is 22.0 Å². The summed E-state index contributed by atoms with van der Waals surface area (Å²) in [7, 11) is 0. The Labute approximate surface area is 131 Å². The molecule has 0 bridgehead atoms. The van der Waals surface area contributed by atoms with E-state index in [9.17, 15) is 4.79 Å². The number of anilines is 2. The van der Waals surface area contributed by atoms with E-state index in [1.54, 1.807) is 6.07 Å². The van der Waals surface area contributed by atoms with Crippen LogP contribution >= 0.6 is 15.9 Å². The van der Waals surface area contributed by atoms with Crippen LogP contribution in [0.5, 0.6) is 5.75 Å². The highest BCUT2D eigenvalue weighted by molar-refractivity contribution is 9.10. The van der Waals surface area contributed by atoms with E-state index >= 15 is 0 Å². The van der Waals surface area contributed by atoms with E-state index in [2.05, 4.69) is 15.9 Å². The number of nitrogens with two attached hydrogens (primary N) is 2. The number of rotatable bonds is 5. The Hall–Kier alpha value is -2.21. The van der Waals surface area contributed by atoms with Crippen LogP contribution < -0.4 is 16.2 Å². The summed E-state index contributed by atoms with van der Waals surface area (Å²) in [5.74, 6) is 0.223. The maximum absolute atomic E-state index is 11.8. The van der Waals surface area contributed by atoms with Crippen LogP contribution in [-0.4, -0.2) is 19.2 Å². The standard InChI is InChI=1S/C15H15BrN2O3/c16-11-2-1-3-14(8-11)20-4-5-21-15(19)10-6-12(17)9-13(18)7-10/h1-3,6-9H,4-5,17-18H2. The van der Waals surface area contributed by atoms with Gasteiger partial charge in [-0.15, -0.1) is 0 Å². The minimum atomic E-state index is -0.480. The van der Waals surface area contributed by atoms with E-state index in [0.717, 1.165) is 4.47 Å². The van der Waals surface area contributed by atoms with Crippen LogP contribution in [0.15, 0.2) is 46.9 Å². The predicted octanol–water partition coefficient (Wildman–Crippen LogP) is 2.85. The third-order valence-corrected chi connectivity index (χ3v) is 3.09. The van der Waals surface area contributed by atoms with Gasteiger partial charge in [0.05, 0.1) is 5.56 Å². The molecule has 0 spiro atoms. The van der Waals surface area contributed by atoms with Gasteiger partial charge in [0.25, 0.3) is 0 Å². The average molecular weight is 351 g/mol. The molecule has 2 aromatic rings. The van der Waals surface area contributed by atoms with Gasteiger partial charge in [-0.3, -0.25) is 0 Å². The first kappa shape index (κ1) is 15.2. The highest BCUT2D eigenvalue weighted by atomic mass is 79.9. The van der Waals surface area contributed by atoms with Crippen molar-refractivity contribution < 1.29 is 14.3 Å². The fourth-order valence-corrected chi connectivity index (χ4v) is 2.11. The minimum absolute atomic E-state index is 0.139. The van der Waals surface area contributed by atoms with Crippen LogP contribution in [0.1, 0.15) is 10.4 Å². The molecule has 0 amide bonds. The summed E-state index contributed by atoms with van der Waals surface area (Å²) in [4.78, 5) is 11.8. The molecule has 0 saturated heterocycles. The molecule has 2 aromatic carbocycles. The zero-order valence-electron chi connectivity index (χ0n) is 11.2. The third kappa shape index (κ3) is 4.68. The number of benzene rings is 2. The molecule has 2 rings (SSSR count). The van der Waals surface area contributed by atoms with Gasteiger partial charge in [0.15, 0.2) is 0 Å². The minimum Gasteiger partial charge on any atom is -0.490 e. The molecule has 6 heteroatoms. The lowest BCUT2D eigenvalue weighted by molar-refractivity contribution is 0.0450. The number of nitrogen functional groups attached to an aromatic ring is 2. The van der Waals surface area contributed by atoms with Crippen molar-refractivity contribution in [3.05, 3.63) is 52.5 Å². The van der Waals surface area contributed by atoms with Crippen molar-refractivity contribution in [2.75, 3.05) is 24.7 Å². The Balaban J connectivity index is 1.82. The summed E-state index contributed by atoms with van der Waals surface area (Å²) in [6.07, 6.45) is 0. The molecule has 0 radical (unpaired) electrons. The van der Waals surface area contributed by atoms with Gasteiger partial charge in [-0.25, -0.2) is 4.79 Å². The van der Waals surface area contributed by atoms with Gasteiger partial charge < -0.3 is 20.9 Å². The molecule has 0 aromatic heterocycles. The summed E-state index contributed by atoms with van der Waals surface area (Å²) in [6, 6.07) is 12.0. The van der Waals surface area contributed by atoms with E-state index in [1.807, 2.05) is 24.3 Å². The number of esters is 1. The Morgan fingerprint density at radius 1 is 1.05 bits per heavy atom. The lowest BCUT2D eigenvalue weighted by Crippen LogP contribution is -2.13. The Bertz CT molecular complexity index is 626. The fourth-order valence-electron chi connectivity index (χ4n) is 1.73. The van der Waals surface area contributed by atoms with Gasteiger partial charge in [0.1, 0.15) is 19.0 Å². The maximum atomic E-state index is 11.8. The molecule has 0 aliphatic heterocycles. The highest BCUT2D eigenvalue weighted by Gasteiger charge is 2.08. The Morgan fingerprint density at radius 2 is 1.76 bits per heavy atom. The summed E-state index contributed by atoms with van der Waals surface area (Å²) in [6.45, 7) is 0.403. The van der Waals surface area contributed by atoms with Crippen molar-refractivity contribution in [3.8, 4) is 5.75 Å². The highest BCUT2D eigenvalue weighted by Crippen LogP contribution is 2.18. The zero-order valence-corrected chi connectivity index (χ0v) is 12.8. The number of halogens is 1. The molecule has 5 nitrogen and oxygen atoms in total. The first-order chi connectivity index (χ1) is 10.0. The quantitative estimate of drug-likeness (QED) is 0.491. The number of ether oxygens (including phenoxy) is 2. The lowest BCUT2D eigenvalue weighted by atomic mass is 10.2. The fraction of sp³-hybridized carbons (Fsp3) is 0.133. The third-order valence-electron chi connectivity index (χ3n) is 2.59. The molecule has 0 saturated carbocycles. The first-order valence-corrected chi connectivity index (χ1v) is 7.05. The monoisotopic (exact) mass is 350 g/mol. The summed E-state index contributed by atoms with van der Waals surface area (Å²) >= 11 is 3.35. The van der Waals surface area contributed by atoms with E-state index < -0.39 is 5.97 Å². The van der Waals surface area contributed by atoms with Crippen LogP contribution in [0.3, 0.4) is 0 Å². The molecule has 0 aliphatic carbocycles. The molecule has 0 unspecified atom stereocenters. The molecule has 4 N–H and O–H groups in total. The SMILES string of the molecule is Nc1cc(N)cc(C(=O)OCCOc2cccc(Br)c2)c1. The second-order valence-electron chi connectivity index (χ2n) is 4.33. The van der Waals surface area contributed by atoms with Crippen LogP contribution in [0.4, 0.5) is 11.4 Å².